The highest BCUT2D eigenvalue weighted by atomic mass is 32.2. The zero-order valence-electron chi connectivity index (χ0n) is 18.1. The van der Waals surface area contributed by atoms with E-state index < -0.39 is 37.8 Å². The van der Waals surface area contributed by atoms with Crippen LogP contribution in [-0.2, 0) is 15.4 Å². The number of pyridine rings is 1. The van der Waals surface area contributed by atoms with Crippen LogP contribution in [-0.4, -0.2) is 42.0 Å². The second kappa shape index (κ2) is 7.21. The Bertz CT molecular complexity index is 1280. The lowest BCUT2D eigenvalue weighted by Crippen LogP contribution is -2.66. The van der Waals surface area contributed by atoms with Crippen molar-refractivity contribution in [2.75, 3.05) is 11.1 Å². The average molecular weight is 475 g/mol. The number of aliphatic imine (C=N–C) groups is 1. The monoisotopic (exact) mass is 474 g/mol. The van der Waals surface area contributed by atoms with Crippen molar-refractivity contribution in [1.29, 1.82) is 5.41 Å². The maximum absolute atomic E-state index is 14.9. The Morgan fingerprint density at radius 2 is 2.03 bits per heavy atom. The lowest BCUT2D eigenvalue weighted by atomic mass is 9.91. The first kappa shape index (κ1) is 21.7. The Morgan fingerprint density at radius 1 is 1.27 bits per heavy atom. The first-order valence-corrected chi connectivity index (χ1v) is 12.3. The molecule has 3 atom stereocenters. The highest BCUT2D eigenvalue weighted by Gasteiger charge is 2.60. The van der Waals surface area contributed by atoms with Crippen LogP contribution in [0.2, 0.25) is 0 Å². The van der Waals surface area contributed by atoms with Gasteiger partial charge in [0.25, 0.3) is 0 Å². The maximum atomic E-state index is 14.9. The van der Waals surface area contributed by atoms with Crippen molar-refractivity contribution in [2.24, 2.45) is 10.9 Å². The topological polar surface area (TPSA) is 119 Å². The lowest BCUT2D eigenvalue weighted by molar-refractivity contribution is 0.410. The summed E-state index contributed by atoms with van der Waals surface area (Å²) in [5.74, 6) is -1.40. The summed E-state index contributed by atoms with van der Waals surface area (Å²) in [5.41, 5.74) is -0.165. The zero-order valence-corrected chi connectivity index (χ0v) is 18.9. The van der Waals surface area contributed by atoms with Crippen LogP contribution >= 0.6 is 0 Å². The number of nitrogens with zero attached hydrogens (tertiary/aromatic N) is 2. The maximum Gasteiger partial charge on any atom is 0.165 e. The molecule has 1 aromatic heterocycles. The fourth-order valence-electron chi connectivity index (χ4n) is 4.71. The van der Waals surface area contributed by atoms with Gasteiger partial charge < -0.3 is 16.0 Å². The normalized spacial score (nSPS) is 32.5. The fourth-order valence-corrected chi connectivity index (χ4v) is 7.10. The molecule has 4 heterocycles. The molecule has 3 aliphatic heterocycles. The van der Waals surface area contributed by atoms with Gasteiger partial charge in [0, 0.05) is 5.56 Å². The number of rotatable bonds is 4. The van der Waals surface area contributed by atoms with Crippen LogP contribution < -0.4 is 16.0 Å². The number of sulfone groups is 1. The quantitative estimate of drug-likeness (QED) is 0.533. The van der Waals surface area contributed by atoms with Crippen LogP contribution in [0.25, 0.3) is 0 Å². The van der Waals surface area contributed by atoms with Crippen molar-refractivity contribution in [3.63, 3.8) is 0 Å². The molecule has 1 saturated heterocycles. The molecule has 1 unspecified atom stereocenters. The molecule has 8 nitrogen and oxygen atoms in total. The summed E-state index contributed by atoms with van der Waals surface area (Å²) in [6.45, 7) is 3.16. The predicted octanol–water partition coefficient (Wildman–Crippen LogP) is 2.65. The van der Waals surface area contributed by atoms with Crippen molar-refractivity contribution in [2.45, 2.75) is 43.0 Å². The van der Waals surface area contributed by atoms with Gasteiger partial charge in [-0.2, -0.15) is 0 Å². The largest absolute Gasteiger partial charge is 0.379 e. The van der Waals surface area contributed by atoms with Gasteiger partial charge in [-0.25, -0.2) is 22.2 Å². The Labute approximate surface area is 190 Å². The van der Waals surface area contributed by atoms with Gasteiger partial charge in [0.15, 0.2) is 9.84 Å². The minimum absolute atomic E-state index is 0.0873. The highest BCUT2D eigenvalue weighted by Crippen LogP contribution is 2.48. The molecule has 33 heavy (non-hydrogen) atoms. The van der Waals surface area contributed by atoms with Gasteiger partial charge in [-0.15, -0.1) is 0 Å². The third-order valence-corrected chi connectivity index (χ3v) is 9.63. The Morgan fingerprint density at radius 3 is 2.73 bits per heavy atom. The van der Waals surface area contributed by atoms with E-state index in [1.54, 1.807) is 26.1 Å². The van der Waals surface area contributed by atoms with Crippen LogP contribution in [0.15, 0.2) is 52.8 Å². The first-order chi connectivity index (χ1) is 15.5. The van der Waals surface area contributed by atoms with Gasteiger partial charge in [0.05, 0.1) is 41.1 Å². The molecule has 5 rings (SSSR count). The van der Waals surface area contributed by atoms with E-state index in [9.17, 15) is 17.2 Å². The van der Waals surface area contributed by atoms with Crippen molar-refractivity contribution in [1.82, 2.24) is 15.6 Å². The van der Waals surface area contributed by atoms with Crippen LogP contribution in [0.5, 0.6) is 0 Å². The summed E-state index contributed by atoms with van der Waals surface area (Å²) in [7, 11) is -3.73. The third-order valence-electron chi connectivity index (χ3n) is 6.84. The van der Waals surface area contributed by atoms with E-state index in [-0.39, 0.29) is 28.9 Å². The van der Waals surface area contributed by atoms with Crippen LogP contribution in [0.3, 0.4) is 0 Å². The molecule has 11 heteroatoms. The zero-order chi connectivity index (χ0) is 23.6. The van der Waals surface area contributed by atoms with E-state index in [4.69, 9.17) is 5.41 Å². The summed E-state index contributed by atoms with van der Waals surface area (Å²) >= 11 is 0. The Hall–Kier alpha value is -3.08. The number of allylic oxidation sites excluding steroid dienone is 2. The number of nitrogens with one attached hydrogen (secondary N) is 4. The molecule has 1 aliphatic carbocycles. The Balaban J connectivity index is 1.48. The molecule has 2 fully saturated rings. The average Bonchev–Trinajstić information content (AvgIpc) is 3.58. The second-order valence-corrected chi connectivity index (χ2v) is 11.6. The third kappa shape index (κ3) is 3.45. The summed E-state index contributed by atoms with van der Waals surface area (Å²) in [6, 6.07) is 0.984. The van der Waals surface area contributed by atoms with E-state index in [1.807, 2.05) is 0 Å². The van der Waals surface area contributed by atoms with Crippen LogP contribution in [0.1, 0.15) is 32.3 Å². The molecular formula is C22H24F2N6O2S. The number of fused-ring (bicyclic) bond motifs is 1. The molecule has 0 spiro atoms. The molecule has 1 saturated carbocycles. The molecule has 0 amide bonds. The van der Waals surface area contributed by atoms with Gasteiger partial charge in [-0.3, -0.25) is 10.4 Å². The molecule has 4 aliphatic rings. The van der Waals surface area contributed by atoms with E-state index in [1.165, 1.54) is 12.1 Å². The molecule has 174 valence electrons. The van der Waals surface area contributed by atoms with Crippen LogP contribution in [0.4, 0.5) is 14.6 Å². The smallest absolute Gasteiger partial charge is 0.165 e. The second-order valence-electron chi connectivity index (χ2n) is 9.23. The SMILES string of the molecule is C[C@@]1(c2cc(NC3=C4N=CC(F)=CC4NC=C3)ncc2F)CS(=O)(=O)[C@@](C)(C2CC2)C(=N)N1. The van der Waals surface area contributed by atoms with Crippen LogP contribution in [0, 0.1) is 17.1 Å². The number of anilines is 1. The van der Waals surface area contributed by atoms with Crippen molar-refractivity contribution < 1.29 is 17.2 Å². The van der Waals surface area contributed by atoms with E-state index in [0.29, 0.717) is 11.4 Å². The van der Waals surface area contributed by atoms with E-state index >= 15 is 0 Å². The van der Waals surface area contributed by atoms with E-state index in [2.05, 4.69) is 25.9 Å². The predicted molar refractivity (Wildman–Crippen MR) is 122 cm³/mol. The molecular weight excluding hydrogens is 450 g/mol. The standard InChI is InChI=1S/C22H24F2N6O2S/c1-21(11-33(31,32)22(2,12-3-4-12)20(25)30-21)14-8-18(27-10-15(14)24)29-16-5-6-26-17-7-13(23)9-28-19(16)17/h5-10,12,17,26H,3-4,11H2,1-2H3,(H2,25,30)(H,27,29)/t17?,21-,22-/m0/s1. The minimum Gasteiger partial charge on any atom is -0.379 e. The number of dihydropyridines is 2. The molecule has 0 aromatic carbocycles. The van der Waals surface area contributed by atoms with Crippen molar-refractivity contribution in [3.8, 4) is 0 Å². The van der Waals surface area contributed by atoms with Crippen molar-refractivity contribution >= 4 is 27.7 Å². The summed E-state index contributed by atoms with van der Waals surface area (Å²) < 4.78 is 53.7. The van der Waals surface area contributed by atoms with Gasteiger partial charge in [0.2, 0.25) is 0 Å². The molecule has 1 aromatic rings. The summed E-state index contributed by atoms with van der Waals surface area (Å²) in [4.78, 5) is 8.22. The number of hydrogen-bond donors (Lipinski definition) is 4. The van der Waals surface area contributed by atoms with Gasteiger partial charge >= 0.3 is 0 Å². The van der Waals surface area contributed by atoms with Gasteiger partial charge in [0.1, 0.15) is 28.0 Å². The number of aromatic nitrogens is 1. The molecule has 0 radical (unpaired) electrons. The summed E-state index contributed by atoms with van der Waals surface area (Å²) in [6.07, 6.45) is 8.38. The fraction of sp³-hybridized carbons (Fsp3) is 0.409. The Kier molecular flexibility index (Phi) is 4.75. The highest BCUT2D eigenvalue weighted by molar-refractivity contribution is 7.93. The number of amidine groups is 1. The van der Waals surface area contributed by atoms with Crippen molar-refractivity contribution in [3.05, 3.63) is 59.2 Å². The lowest BCUT2D eigenvalue weighted by Gasteiger charge is -2.45. The van der Waals surface area contributed by atoms with Gasteiger partial charge in [-0.05, 0) is 57.0 Å². The minimum atomic E-state index is -3.73. The number of halogens is 2. The summed E-state index contributed by atoms with van der Waals surface area (Å²) in [5, 5.41) is 17.6. The number of hydrogen-bond acceptors (Lipinski definition) is 7. The molecule has 4 N–H and O–H groups in total. The first-order valence-electron chi connectivity index (χ1n) is 10.6. The van der Waals surface area contributed by atoms with Gasteiger partial charge in [-0.1, -0.05) is 0 Å². The molecule has 0 bridgehead atoms. The van der Waals surface area contributed by atoms with E-state index in [0.717, 1.165) is 25.3 Å².